The molecule has 4 N–H and O–H groups in total. The first-order valence-corrected chi connectivity index (χ1v) is 5.82. The molecule has 0 radical (unpaired) electrons. The van der Waals surface area contributed by atoms with Crippen molar-refractivity contribution in [2.45, 2.75) is 19.9 Å². The Kier molecular flexibility index (Phi) is 4.61. The molecule has 98 valence electrons. The van der Waals surface area contributed by atoms with E-state index in [9.17, 15) is 14.3 Å². The zero-order valence-electron chi connectivity index (χ0n) is 10.1. The molecule has 1 unspecified atom stereocenters. The number of phenols is 1. The smallest absolute Gasteiger partial charge is 0.255 e. The zero-order valence-corrected chi connectivity index (χ0v) is 10.9. The Balaban J connectivity index is 2.94. The largest absolute Gasteiger partial charge is 0.507 e. The van der Waals surface area contributed by atoms with Crippen LogP contribution in [0.25, 0.3) is 0 Å². The van der Waals surface area contributed by atoms with Gasteiger partial charge >= 0.3 is 0 Å². The molecule has 1 amide bonds. The van der Waals surface area contributed by atoms with Crippen LogP contribution in [0.3, 0.4) is 0 Å². The highest BCUT2D eigenvalue weighted by Gasteiger charge is 2.21. The van der Waals surface area contributed by atoms with Crippen LogP contribution in [-0.2, 0) is 0 Å². The maximum atomic E-state index is 13.0. The first-order valence-electron chi connectivity index (χ1n) is 5.41. The molecular weight excluding hydrogens is 255 g/mol. The molecule has 1 aromatic rings. The van der Waals surface area contributed by atoms with Crippen LogP contribution in [0.15, 0.2) is 18.2 Å². The van der Waals surface area contributed by atoms with Gasteiger partial charge < -0.3 is 16.2 Å². The molecule has 0 fully saturated rings. The summed E-state index contributed by atoms with van der Waals surface area (Å²) in [6.45, 7) is 3.69. The molecule has 18 heavy (non-hydrogen) atoms. The van der Waals surface area contributed by atoms with E-state index in [1.165, 1.54) is 0 Å². The molecule has 0 aliphatic rings. The third-order valence-corrected chi connectivity index (χ3v) is 2.72. The van der Waals surface area contributed by atoms with Crippen molar-refractivity contribution < 1.29 is 14.3 Å². The number of halogens is 1. The van der Waals surface area contributed by atoms with Gasteiger partial charge in [0.25, 0.3) is 5.91 Å². The Hall–Kier alpha value is -1.69. The summed E-state index contributed by atoms with van der Waals surface area (Å²) in [5, 5.41) is 12.1. The second-order valence-corrected chi connectivity index (χ2v) is 4.73. The van der Waals surface area contributed by atoms with Gasteiger partial charge in [-0.15, -0.1) is 0 Å². The van der Waals surface area contributed by atoms with Gasteiger partial charge in [-0.05, 0) is 24.1 Å². The van der Waals surface area contributed by atoms with Crippen molar-refractivity contribution >= 4 is 23.1 Å². The van der Waals surface area contributed by atoms with Crippen molar-refractivity contribution in [2.24, 2.45) is 11.7 Å². The summed E-state index contributed by atoms with van der Waals surface area (Å²) in [7, 11) is 0. The lowest BCUT2D eigenvalue weighted by Crippen LogP contribution is -2.46. The molecular formula is C12H15FN2O2S. The van der Waals surface area contributed by atoms with E-state index in [1.807, 2.05) is 13.8 Å². The highest BCUT2D eigenvalue weighted by Crippen LogP contribution is 2.18. The third-order valence-electron chi connectivity index (χ3n) is 2.46. The molecule has 0 aliphatic heterocycles. The maximum Gasteiger partial charge on any atom is 0.255 e. The van der Waals surface area contributed by atoms with Crippen LogP contribution in [-0.4, -0.2) is 22.0 Å². The predicted molar refractivity (Wildman–Crippen MR) is 70.9 cm³/mol. The molecule has 1 aromatic carbocycles. The van der Waals surface area contributed by atoms with E-state index in [0.29, 0.717) is 0 Å². The summed E-state index contributed by atoms with van der Waals surface area (Å²) < 4.78 is 13.0. The fourth-order valence-corrected chi connectivity index (χ4v) is 1.81. The number of carbonyl (C=O) groups is 1. The molecule has 0 heterocycles. The predicted octanol–water partition coefficient (Wildman–Crippen LogP) is 1.57. The van der Waals surface area contributed by atoms with Gasteiger partial charge in [0.15, 0.2) is 0 Å². The monoisotopic (exact) mass is 270 g/mol. The molecule has 0 aliphatic carbocycles. The van der Waals surface area contributed by atoms with Crippen molar-refractivity contribution in [1.82, 2.24) is 5.32 Å². The number of amides is 1. The molecule has 1 atom stereocenters. The summed E-state index contributed by atoms with van der Waals surface area (Å²) in [5.74, 6) is -1.51. The van der Waals surface area contributed by atoms with Gasteiger partial charge in [0.2, 0.25) is 0 Å². The lowest BCUT2D eigenvalue weighted by Gasteiger charge is -2.21. The van der Waals surface area contributed by atoms with E-state index < -0.39 is 17.8 Å². The third kappa shape index (κ3) is 3.40. The van der Waals surface area contributed by atoms with E-state index in [-0.39, 0.29) is 22.2 Å². The van der Waals surface area contributed by atoms with Crippen molar-refractivity contribution in [2.75, 3.05) is 0 Å². The number of hydrogen-bond acceptors (Lipinski definition) is 3. The van der Waals surface area contributed by atoms with Crippen LogP contribution in [0, 0.1) is 11.7 Å². The van der Waals surface area contributed by atoms with Gasteiger partial charge in [0, 0.05) is 0 Å². The van der Waals surface area contributed by atoms with E-state index in [2.05, 4.69) is 5.32 Å². The van der Waals surface area contributed by atoms with Gasteiger partial charge in [-0.25, -0.2) is 4.39 Å². The molecule has 0 spiro atoms. The molecule has 0 aromatic heterocycles. The van der Waals surface area contributed by atoms with Crippen molar-refractivity contribution in [3.05, 3.63) is 29.6 Å². The van der Waals surface area contributed by atoms with Crippen LogP contribution in [0.2, 0.25) is 0 Å². The molecule has 6 heteroatoms. The Labute approximate surface area is 110 Å². The van der Waals surface area contributed by atoms with E-state index >= 15 is 0 Å². The highest BCUT2D eigenvalue weighted by atomic mass is 32.1. The molecule has 1 rings (SSSR count). The molecule has 4 nitrogen and oxygen atoms in total. The summed E-state index contributed by atoms with van der Waals surface area (Å²) >= 11 is 4.85. The summed E-state index contributed by atoms with van der Waals surface area (Å²) in [5.41, 5.74) is 5.37. The molecule has 0 saturated heterocycles. The maximum absolute atomic E-state index is 13.0. The van der Waals surface area contributed by atoms with Crippen LogP contribution in [0.1, 0.15) is 24.2 Å². The fourth-order valence-electron chi connectivity index (χ4n) is 1.48. The quantitative estimate of drug-likeness (QED) is 0.726. The number of thiocarbonyl (C=S) groups is 1. The van der Waals surface area contributed by atoms with Crippen LogP contribution >= 0.6 is 12.2 Å². The SMILES string of the molecule is CC(C)C(NC(=O)c1cc(F)ccc1O)C(N)=S. The first-order chi connectivity index (χ1) is 8.32. The molecule has 0 saturated carbocycles. The van der Waals surface area contributed by atoms with Gasteiger partial charge in [-0.2, -0.15) is 0 Å². The van der Waals surface area contributed by atoms with Gasteiger partial charge in [-0.3, -0.25) is 4.79 Å². The average Bonchev–Trinajstić information content (AvgIpc) is 2.28. The highest BCUT2D eigenvalue weighted by molar-refractivity contribution is 7.80. The Morgan fingerprint density at radius 2 is 2.11 bits per heavy atom. The summed E-state index contributed by atoms with van der Waals surface area (Å²) in [4.78, 5) is 12.0. The van der Waals surface area contributed by atoms with Crippen LogP contribution in [0.5, 0.6) is 5.75 Å². The number of benzene rings is 1. The lowest BCUT2D eigenvalue weighted by atomic mass is 10.0. The number of nitrogens with two attached hydrogens (primary N) is 1. The van der Waals surface area contributed by atoms with E-state index in [1.54, 1.807) is 0 Å². The molecule has 0 bridgehead atoms. The summed E-state index contributed by atoms with van der Waals surface area (Å²) in [6.07, 6.45) is 0. The standard InChI is InChI=1S/C12H15FN2O2S/c1-6(2)10(11(14)18)15-12(17)8-5-7(13)3-4-9(8)16/h3-6,10,16H,1-2H3,(H2,14,18)(H,15,17). The zero-order chi connectivity index (χ0) is 13.9. The second-order valence-electron chi connectivity index (χ2n) is 4.26. The topological polar surface area (TPSA) is 75.3 Å². The van der Waals surface area contributed by atoms with Crippen molar-refractivity contribution in [3.63, 3.8) is 0 Å². The fraction of sp³-hybridized carbons (Fsp3) is 0.333. The Bertz CT molecular complexity index is 477. The normalized spacial score (nSPS) is 12.2. The van der Waals surface area contributed by atoms with Crippen molar-refractivity contribution in [3.8, 4) is 5.75 Å². The number of carbonyl (C=O) groups excluding carboxylic acids is 1. The minimum atomic E-state index is -0.612. The minimum absolute atomic E-state index is 0.00199. The van der Waals surface area contributed by atoms with Crippen LogP contribution < -0.4 is 11.1 Å². The Morgan fingerprint density at radius 1 is 1.50 bits per heavy atom. The lowest BCUT2D eigenvalue weighted by molar-refractivity contribution is 0.0936. The number of aromatic hydroxyl groups is 1. The summed E-state index contributed by atoms with van der Waals surface area (Å²) in [6, 6.07) is 2.64. The second kappa shape index (κ2) is 5.77. The number of rotatable bonds is 4. The van der Waals surface area contributed by atoms with Crippen LogP contribution in [0.4, 0.5) is 4.39 Å². The van der Waals surface area contributed by atoms with Gasteiger partial charge in [0.1, 0.15) is 11.6 Å². The van der Waals surface area contributed by atoms with Gasteiger partial charge in [-0.1, -0.05) is 26.1 Å². The van der Waals surface area contributed by atoms with Gasteiger partial charge in [0.05, 0.1) is 16.6 Å². The van der Waals surface area contributed by atoms with Crippen molar-refractivity contribution in [1.29, 1.82) is 0 Å². The number of phenolic OH excluding ortho intramolecular Hbond substituents is 1. The van der Waals surface area contributed by atoms with E-state index in [4.69, 9.17) is 18.0 Å². The minimum Gasteiger partial charge on any atom is -0.507 e. The van der Waals surface area contributed by atoms with E-state index in [0.717, 1.165) is 18.2 Å². The number of nitrogens with one attached hydrogen (secondary N) is 1. The first kappa shape index (κ1) is 14.4. The average molecular weight is 270 g/mol. The Morgan fingerprint density at radius 3 is 2.61 bits per heavy atom. The number of hydrogen-bond donors (Lipinski definition) is 3.